The number of hydrogen-bond donors (Lipinski definition) is 2. The lowest BCUT2D eigenvalue weighted by molar-refractivity contribution is -0.130. The standard InChI is InChI=1S/C14H18ClNO2/c1-10(9-17)16-13(18)14(7-2-8-14)11-3-5-12(15)6-4-11/h3-6,10,17H,2,7-9H2,1H3,(H,16,18). The molecule has 0 aromatic heterocycles. The van der Waals surface area contributed by atoms with Crippen molar-refractivity contribution in [3.05, 3.63) is 34.9 Å². The second-order valence-corrected chi connectivity index (χ2v) is 5.44. The highest BCUT2D eigenvalue weighted by Crippen LogP contribution is 2.44. The molecule has 0 bridgehead atoms. The molecule has 4 heteroatoms. The number of amides is 1. The second kappa shape index (κ2) is 5.29. The first kappa shape index (κ1) is 13.4. The van der Waals surface area contributed by atoms with Crippen molar-refractivity contribution in [1.29, 1.82) is 0 Å². The fraction of sp³-hybridized carbons (Fsp3) is 0.500. The van der Waals surface area contributed by atoms with E-state index in [0.29, 0.717) is 5.02 Å². The predicted molar refractivity (Wildman–Crippen MR) is 71.7 cm³/mol. The summed E-state index contributed by atoms with van der Waals surface area (Å²) in [7, 11) is 0. The molecule has 0 radical (unpaired) electrons. The molecule has 2 rings (SSSR count). The smallest absolute Gasteiger partial charge is 0.230 e. The molecule has 0 spiro atoms. The number of aliphatic hydroxyl groups is 1. The van der Waals surface area contributed by atoms with E-state index in [4.69, 9.17) is 16.7 Å². The van der Waals surface area contributed by atoms with Crippen LogP contribution >= 0.6 is 11.6 Å². The highest BCUT2D eigenvalue weighted by atomic mass is 35.5. The lowest BCUT2D eigenvalue weighted by Gasteiger charge is -2.41. The van der Waals surface area contributed by atoms with Crippen LogP contribution < -0.4 is 5.32 Å². The van der Waals surface area contributed by atoms with Crippen molar-refractivity contribution in [3.63, 3.8) is 0 Å². The quantitative estimate of drug-likeness (QED) is 0.879. The Bertz CT molecular complexity index is 426. The molecule has 1 atom stereocenters. The Kier molecular flexibility index (Phi) is 3.93. The van der Waals surface area contributed by atoms with E-state index in [9.17, 15) is 4.79 Å². The van der Waals surface area contributed by atoms with Crippen LogP contribution in [0.25, 0.3) is 0 Å². The van der Waals surface area contributed by atoms with Crippen molar-refractivity contribution in [1.82, 2.24) is 5.32 Å². The maximum Gasteiger partial charge on any atom is 0.230 e. The molecule has 1 fully saturated rings. The Hall–Kier alpha value is -1.06. The molecular formula is C14H18ClNO2. The van der Waals surface area contributed by atoms with Gasteiger partial charge in [0.2, 0.25) is 5.91 Å². The normalized spacial score (nSPS) is 18.8. The molecule has 1 amide bonds. The van der Waals surface area contributed by atoms with Crippen molar-refractivity contribution in [3.8, 4) is 0 Å². The Morgan fingerprint density at radius 2 is 2.06 bits per heavy atom. The van der Waals surface area contributed by atoms with E-state index < -0.39 is 5.41 Å². The van der Waals surface area contributed by atoms with Crippen molar-refractivity contribution < 1.29 is 9.90 Å². The summed E-state index contributed by atoms with van der Waals surface area (Å²) in [5.74, 6) is 0.0117. The third-order valence-electron chi connectivity index (χ3n) is 3.69. The van der Waals surface area contributed by atoms with Gasteiger partial charge in [-0.05, 0) is 37.5 Å². The molecule has 1 aromatic rings. The van der Waals surface area contributed by atoms with Gasteiger partial charge in [-0.2, -0.15) is 0 Å². The van der Waals surface area contributed by atoms with Crippen LogP contribution in [0.2, 0.25) is 5.02 Å². The van der Waals surface area contributed by atoms with Crippen LogP contribution in [-0.4, -0.2) is 23.7 Å². The van der Waals surface area contributed by atoms with E-state index >= 15 is 0 Å². The van der Waals surface area contributed by atoms with E-state index in [1.54, 1.807) is 6.92 Å². The van der Waals surface area contributed by atoms with E-state index in [0.717, 1.165) is 24.8 Å². The molecule has 1 unspecified atom stereocenters. The summed E-state index contributed by atoms with van der Waals surface area (Å²) in [5, 5.41) is 12.6. The average Bonchev–Trinajstić information content (AvgIpc) is 2.30. The zero-order valence-electron chi connectivity index (χ0n) is 10.4. The summed E-state index contributed by atoms with van der Waals surface area (Å²) in [5.41, 5.74) is 0.592. The topological polar surface area (TPSA) is 49.3 Å². The monoisotopic (exact) mass is 267 g/mol. The van der Waals surface area contributed by atoms with Gasteiger partial charge in [-0.15, -0.1) is 0 Å². The lowest BCUT2D eigenvalue weighted by atomic mass is 9.63. The number of carbonyl (C=O) groups is 1. The van der Waals surface area contributed by atoms with Gasteiger partial charge < -0.3 is 10.4 Å². The summed E-state index contributed by atoms with van der Waals surface area (Å²) in [6.07, 6.45) is 2.78. The van der Waals surface area contributed by atoms with E-state index in [-0.39, 0.29) is 18.6 Å². The highest BCUT2D eigenvalue weighted by Gasteiger charge is 2.45. The number of nitrogens with one attached hydrogen (secondary N) is 1. The third kappa shape index (κ3) is 2.38. The Labute approximate surface area is 112 Å². The van der Waals surface area contributed by atoms with Crippen LogP contribution in [0.4, 0.5) is 0 Å². The maximum absolute atomic E-state index is 12.3. The molecule has 1 aliphatic rings. The minimum Gasteiger partial charge on any atom is -0.394 e. The van der Waals surface area contributed by atoms with Gasteiger partial charge in [-0.1, -0.05) is 30.2 Å². The molecule has 98 valence electrons. The molecule has 1 aliphatic carbocycles. The van der Waals surface area contributed by atoms with Crippen LogP contribution in [0.15, 0.2) is 24.3 Å². The Morgan fingerprint density at radius 1 is 1.44 bits per heavy atom. The zero-order chi connectivity index (χ0) is 13.2. The number of aliphatic hydroxyl groups excluding tert-OH is 1. The van der Waals surface area contributed by atoms with E-state index in [1.807, 2.05) is 24.3 Å². The van der Waals surface area contributed by atoms with Gasteiger partial charge in [0.1, 0.15) is 0 Å². The van der Waals surface area contributed by atoms with Crippen LogP contribution in [0.5, 0.6) is 0 Å². The van der Waals surface area contributed by atoms with Gasteiger partial charge in [-0.3, -0.25) is 4.79 Å². The first-order valence-corrected chi connectivity index (χ1v) is 6.64. The molecule has 18 heavy (non-hydrogen) atoms. The SMILES string of the molecule is CC(CO)NC(=O)C1(c2ccc(Cl)cc2)CCC1. The van der Waals surface area contributed by atoms with Gasteiger partial charge in [0.25, 0.3) is 0 Å². The average molecular weight is 268 g/mol. The number of carbonyl (C=O) groups excluding carboxylic acids is 1. The summed E-state index contributed by atoms with van der Waals surface area (Å²) in [6.45, 7) is 1.76. The molecule has 0 saturated heterocycles. The molecule has 0 heterocycles. The van der Waals surface area contributed by atoms with Crippen LogP contribution in [0.3, 0.4) is 0 Å². The molecule has 1 aromatic carbocycles. The molecule has 0 aliphatic heterocycles. The summed E-state index contributed by atoms with van der Waals surface area (Å²) >= 11 is 5.88. The lowest BCUT2D eigenvalue weighted by Crippen LogP contribution is -2.52. The summed E-state index contributed by atoms with van der Waals surface area (Å²) < 4.78 is 0. The molecule has 1 saturated carbocycles. The van der Waals surface area contributed by atoms with Crippen LogP contribution in [0.1, 0.15) is 31.7 Å². The summed E-state index contributed by atoms with van der Waals surface area (Å²) in [4.78, 5) is 12.3. The number of hydrogen-bond acceptors (Lipinski definition) is 2. The molecule has 3 nitrogen and oxygen atoms in total. The Balaban J connectivity index is 2.20. The van der Waals surface area contributed by atoms with Crippen molar-refractivity contribution in [2.75, 3.05) is 6.61 Å². The van der Waals surface area contributed by atoms with Gasteiger partial charge in [0, 0.05) is 11.1 Å². The maximum atomic E-state index is 12.3. The molecular weight excluding hydrogens is 250 g/mol. The van der Waals surface area contributed by atoms with Gasteiger partial charge in [0.05, 0.1) is 12.0 Å². The minimum atomic E-state index is -0.423. The van der Waals surface area contributed by atoms with Crippen molar-refractivity contribution in [2.45, 2.75) is 37.6 Å². The van der Waals surface area contributed by atoms with Gasteiger partial charge in [0.15, 0.2) is 0 Å². The predicted octanol–water partition coefficient (Wildman–Crippen LogP) is 2.26. The van der Waals surface area contributed by atoms with Gasteiger partial charge >= 0.3 is 0 Å². The fourth-order valence-corrected chi connectivity index (χ4v) is 2.48. The summed E-state index contributed by atoms with van der Waals surface area (Å²) in [6, 6.07) is 7.27. The van der Waals surface area contributed by atoms with E-state index in [2.05, 4.69) is 5.32 Å². The second-order valence-electron chi connectivity index (χ2n) is 5.00. The van der Waals surface area contributed by atoms with Crippen LogP contribution in [-0.2, 0) is 10.2 Å². The highest BCUT2D eigenvalue weighted by molar-refractivity contribution is 6.30. The number of rotatable bonds is 4. The first-order valence-electron chi connectivity index (χ1n) is 6.26. The zero-order valence-corrected chi connectivity index (χ0v) is 11.2. The van der Waals surface area contributed by atoms with Gasteiger partial charge in [-0.25, -0.2) is 0 Å². The van der Waals surface area contributed by atoms with Crippen LogP contribution in [0, 0.1) is 0 Å². The van der Waals surface area contributed by atoms with Crippen molar-refractivity contribution >= 4 is 17.5 Å². The van der Waals surface area contributed by atoms with Crippen molar-refractivity contribution in [2.24, 2.45) is 0 Å². The molecule has 2 N–H and O–H groups in total. The largest absolute Gasteiger partial charge is 0.394 e. The Morgan fingerprint density at radius 3 is 2.50 bits per heavy atom. The number of halogens is 1. The van der Waals surface area contributed by atoms with E-state index in [1.165, 1.54) is 0 Å². The first-order chi connectivity index (χ1) is 8.58. The fourth-order valence-electron chi connectivity index (χ4n) is 2.35. The third-order valence-corrected chi connectivity index (χ3v) is 3.94. The number of benzene rings is 1. The minimum absolute atomic E-state index is 0.0117.